The van der Waals surface area contributed by atoms with E-state index in [1.807, 2.05) is 25.2 Å². The minimum absolute atomic E-state index is 0.599. The molecule has 0 N–H and O–H groups in total. The quantitative estimate of drug-likeness (QED) is 0.411. The lowest BCUT2D eigenvalue weighted by atomic mass is 10.1. The topological polar surface area (TPSA) is 0 Å². The Balaban J connectivity index is 3.42. The van der Waals surface area contributed by atoms with Crippen LogP contribution in [0.3, 0.4) is 0 Å². The molecule has 0 rings (SSSR count). The second-order valence-corrected chi connectivity index (χ2v) is 2.40. The van der Waals surface area contributed by atoms with Gasteiger partial charge in [-0.25, -0.2) is 0 Å². The Morgan fingerprint density at radius 2 is 2.10 bits per heavy atom. The highest BCUT2D eigenvalue weighted by molar-refractivity contribution is 5.02. The van der Waals surface area contributed by atoms with E-state index in [0.717, 1.165) is 6.42 Å². The summed E-state index contributed by atoms with van der Waals surface area (Å²) in [5.41, 5.74) is 0. The molecule has 0 saturated heterocycles. The molecule has 0 nitrogen and oxygen atoms in total. The van der Waals surface area contributed by atoms with E-state index in [4.69, 9.17) is 0 Å². The molecule has 0 aromatic heterocycles. The monoisotopic (exact) mass is 136 g/mol. The summed E-state index contributed by atoms with van der Waals surface area (Å²) >= 11 is 0. The van der Waals surface area contributed by atoms with Crippen molar-refractivity contribution in [2.75, 3.05) is 0 Å². The fourth-order valence-corrected chi connectivity index (χ4v) is 0.579. The highest BCUT2D eigenvalue weighted by Gasteiger charge is 1.88. The Morgan fingerprint density at radius 3 is 2.60 bits per heavy atom. The predicted molar refractivity (Wildman–Crippen MR) is 47.9 cm³/mol. The SMILES string of the molecule is C=CC(C)C/C=C/C=C/C. The van der Waals surface area contributed by atoms with Gasteiger partial charge in [-0.05, 0) is 19.3 Å². The van der Waals surface area contributed by atoms with Crippen LogP contribution in [0.2, 0.25) is 0 Å². The molecule has 0 amide bonds. The van der Waals surface area contributed by atoms with Crippen molar-refractivity contribution in [2.45, 2.75) is 20.3 Å². The Labute approximate surface area is 64.0 Å². The molecule has 0 spiro atoms. The summed E-state index contributed by atoms with van der Waals surface area (Å²) in [5, 5.41) is 0. The molecule has 0 aliphatic carbocycles. The van der Waals surface area contributed by atoms with Crippen LogP contribution in [0.25, 0.3) is 0 Å². The van der Waals surface area contributed by atoms with E-state index in [9.17, 15) is 0 Å². The highest BCUT2D eigenvalue weighted by atomic mass is 13.9. The maximum Gasteiger partial charge on any atom is -0.0230 e. The van der Waals surface area contributed by atoms with Gasteiger partial charge in [0.25, 0.3) is 0 Å². The van der Waals surface area contributed by atoms with Gasteiger partial charge in [-0.2, -0.15) is 0 Å². The minimum atomic E-state index is 0.599. The van der Waals surface area contributed by atoms with E-state index in [-0.39, 0.29) is 0 Å². The third-order valence-electron chi connectivity index (χ3n) is 1.35. The minimum Gasteiger partial charge on any atom is -0.103 e. The van der Waals surface area contributed by atoms with Crippen molar-refractivity contribution in [3.05, 3.63) is 37.0 Å². The maximum atomic E-state index is 3.71. The van der Waals surface area contributed by atoms with E-state index in [2.05, 4.69) is 25.7 Å². The fraction of sp³-hybridized carbons (Fsp3) is 0.400. The van der Waals surface area contributed by atoms with Crippen LogP contribution in [-0.4, -0.2) is 0 Å². The number of rotatable bonds is 4. The molecule has 0 radical (unpaired) electrons. The average Bonchev–Trinajstić information content (AvgIpc) is 1.98. The summed E-state index contributed by atoms with van der Waals surface area (Å²) in [5.74, 6) is 0.599. The zero-order valence-corrected chi connectivity index (χ0v) is 6.88. The van der Waals surface area contributed by atoms with Crippen LogP contribution >= 0.6 is 0 Å². The van der Waals surface area contributed by atoms with Gasteiger partial charge in [0, 0.05) is 0 Å². The summed E-state index contributed by atoms with van der Waals surface area (Å²) < 4.78 is 0. The summed E-state index contributed by atoms with van der Waals surface area (Å²) in [7, 11) is 0. The molecule has 0 aliphatic heterocycles. The van der Waals surface area contributed by atoms with Crippen LogP contribution in [0.4, 0.5) is 0 Å². The molecular formula is C10H16. The van der Waals surface area contributed by atoms with Gasteiger partial charge in [0.2, 0.25) is 0 Å². The van der Waals surface area contributed by atoms with Crippen LogP contribution in [0.1, 0.15) is 20.3 Å². The third kappa shape index (κ3) is 5.36. The van der Waals surface area contributed by atoms with Crippen LogP contribution in [0.5, 0.6) is 0 Å². The van der Waals surface area contributed by atoms with Gasteiger partial charge in [-0.3, -0.25) is 0 Å². The summed E-state index contributed by atoms with van der Waals surface area (Å²) in [4.78, 5) is 0. The molecule has 0 fully saturated rings. The Hall–Kier alpha value is -0.780. The molecule has 0 bridgehead atoms. The molecule has 0 aromatic carbocycles. The first-order valence-electron chi connectivity index (χ1n) is 3.71. The second-order valence-electron chi connectivity index (χ2n) is 2.40. The number of hydrogen-bond donors (Lipinski definition) is 0. The molecule has 0 aliphatic rings. The van der Waals surface area contributed by atoms with Crippen molar-refractivity contribution in [2.24, 2.45) is 5.92 Å². The summed E-state index contributed by atoms with van der Waals surface area (Å²) in [6.45, 7) is 7.88. The zero-order valence-electron chi connectivity index (χ0n) is 6.88. The normalized spacial score (nSPS) is 14.6. The van der Waals surface area contributed by atoms with E-state index in [1.54, 1.807) is 0 Å². The number of allylic oxidation sites excluding steroid dienone is 5. The van der Waals surface area contributed by atoms with Crippen molar-refractivity contribution in [1.82, 2.24) is 0 Å². The molecule has 0 heterocycles. The Bertz CT molecular complexity index is 129. The number of hydrogen-bond acceptors (Lipinski definition) is 0. The molecule has 0 saturated carbocycles. The average molecular weight is 136 g/mol. The molecule has 0 heteroatoms. The summed E-state index contributed by atoms with van der Waals surface area (Å²) in [6, 6.07) is 0. The predicted octanol–water partition coefficient (Wildman–Crippen LogP) is 3.33. The lowest BCUT2D eigenvalue weighted by Gasteiger charge is -1.96. The van der Waals surface area contributed by atoms with Crippen molar-refractivity contribution in [3.63, 3.8) is 0 Å². The van der Waals surface area contributed by atoms with Gasteiger partial charge in [0.05, 0.1) is 0 Å². The lowest BCUT2D eigenvalue weighted by molar-refractivity contribution is 0.746. The fourth-order valence-electron chi connectivity index (χ4n) is 0.579. The van der Waals surface area contributed by atoms with E-state index in [1.165, 1.54) is 0 Å². The van der Waals surface area contributed by atoms with Crippen LogP contribution in [0.15, 0.2) is 37.0 Å². The van der Waals surface area contributed by atoms with Gasteiger partial charge in [0.1, 0.15) is 0 Å². The molecule has 1 unspecified atom stereocenters. The van der Waals surface area contributed by atoms with Crippen LogP contribution in [0, 0.1) is 5.92 Å². The van der Waals surface area contributed by atoms with Crippen molar-refractivity contribution < 1.29 is 0 Å². The van der Waals surface area contributed by atoms with E-state index < -0.39 is 0 Å². The Morgan fingerprint density at radius 1 is 1.40 bits per heavy atom. The zero-order chi connectivity index (χ0) is 7.82. The molecular weight excluding hydrogens is 120 g/mol. The van der Waals surface area contributed by atoms with Gasteiger partial charge in [-0.15, -0.1) is 6.58 Å². The van der Waals surface area contributed by atoms with Gasteiger partial charge >= 0.3 is 0 Å². The summed E-state index contributed by atoms with van der Waals surface area (Å²) in [6.07, 6.45) is 11.4. The van der Waals surface area contributed by atoms with Gasteiger partial charge < -0.3 is 0 Å². The molecule has 0 aromatic rings. The van der Waals surface area contributed by atoms with Crippen LogP contribution < -0.4 is 0 Å². The van der Waals surface area contributed by atoms with E-state index >= 15 is 0 Å². The first kappa shape index (κ1) is 9.22. The van der Waals surface area contributed by atoms with Gasteiger partial charge in [-0.1, -0.05) is 37.3 Å². The smallest absolute Gasteiger partial charge is 0.0230 e. The maximum absolute atomic E-state index is 3.71. The molecule has 56 valence electrons. The van der Waals surface area contributed by atoms with Gasteiger partial charge in [0.15, 0.2) is 0 Å². The largest absolute Gasteiger partial charge is 0.103 e. The first-order chi connectivity index (χ1) is 4.81. The van der Waals surface area contributed by atoms with Crippen molar-refractivity contribution >= 4 is 0 Å². The molecule has 1 atom stereocenters. The van der Waals surface area contributed by atoms with Crippen molar-refractivity contribution in [1.29, 1.82) is 0 Å². The second kappa shape index (κ2) is 6.34. The Kier molecular flexibility index (Phi) is 5.85. The lowest BCUT2D eigenvalue weighted by Crippen LogP contribution is -1.82. The third-order valence-corrected chi connectivity index (χ3v) is 1.35. The highest BCUT2D eigenvalue weighted by Crippen LogP contribution is 2.02. The standard InChI is InChI=1S/C10H16/c1-4-6-7-8-9-10(3)5-2/h4-8,10H,2,9H2,1,3H3/b6-4+,8-7+. The van der Waals surface area contributed by atoms with Crippen molar-refractivity contribution in [3.8, 4) is 0 Å². The van der Waals surface area contributed by atoms with E-state index in [0.29, 0.717) is 5.92 Å². The molecule has 10 heavy (non-hydrogen) atoms. The first-order valence-corrected chi connectivity index (χ1v) is 3.71. The van der Waals surface area contributed by atoms with Crippen LogP contribution in [-0.2, 0) is 0 Å².